The van der Waals surface area contributed by atoms with Crippen LogP contribution in [0.3, 0.4) is 0 Å². The molecule has 1 aliphatic heterocycles. The normalized spacial score (nSPS) is 15.7. The van der Waals surface area contributed by atoms with Crippen molar-refractivity contribution in [2.45, 2.75) is 37.6 Å². The Morgan fingerprint density at radius 1 is 1.06 bits per heavy atom. The zero-order valence-corrected chi connectivity index (χ0v) is 20.3. The zero-order valence-electron chi connectivity index (χ0n) is 18.6. The monoisotopic (exact) mass is 480 g/mol. The van der Waals surface area contributed by atoms with E-state index in [0.717, 1.165) is 54.8 Å². The molecular formula is C27H29FN2OS2. The molecule has 0 aliphatic carbocycles. The number of likely N-dealkylation sites (tertiary alicyclic amines) is 1. The lowest BCUT2D eigenvalue weighted by atomic mass is 9.72. The maximum atomic E-state index is 13.5. The van der Waals surface area contributed by atoms with Gasteiger partial charge in [-0.25, -0.2) is 4.39 Å². The average molecular weight is 481 g/mol. The smallest absolute Gasteiger partial charge is 0.231 e. The molecule has 3 nitrogen and oxygen atoms in total. The van der Waals surface area contributed by atoms with Crippen LogP contribution in [0.2, 0.25) is 0 Å². The summed E-state index contributed by atoms with van der Waals surface area (Å²) in [6, 6.07) is 21.0. The van der Waals surface area contributed by atoms with E-state index in [1.807, 2.05) is 41.8 Å². The summed E-state index contributed by atoms with van der Waals surface area (Å²) in [5.41, 5.74) is 1.68. The molecule has 2 aromatic carbocycles. The third-order valence-corrected chi connectivity index (χ3v) is 8.11. The third-order valence-electron chi connectivity index (χ3n) is 6.44. The molecule has 0 saturated carbocycles. The number of carbonyl (C=O) groups is 1. The molecule has 3 aromatic rings. The molecule has 33 heavy (non-hydrogen) atoms. The fourth-order valence-electron chi connectivity index (χ4n) is 4.52. The number of piperidine rings is 1. The van der Waals surface area contributed by atoms with Gasteiger partial charge in [0.2, 0.25) is 5.91 Å². The largest absolute Gasteiger partial charge is 0.350 e. The van der Waals surface area contributed by atoms with Crippen molar-refractivity contribution < 1.29 is 9.18 Å². The summed E-state index contributed by atoms with van der Waals surface area (Å²) in [5.74, 6) is 3.98. The van der Waals surface area contributed by atoms with Crippen molar-refractivity contribution in [2.24, 2.45) is 0 Å². The summed E-state index contributed by atoms with van der Waals surface area (Å²) in [6.07, 6.45) is 3.23. The van der Waals surface area contributed by atoms with Crippen LogP contribution in [0.4, 0.5) is 4.39 Å². The second kappa shape index (κ2) is 11.1. The zero-order chi connectivity index (χ0) is 23.1. The Kier molecular flexibility index (Phi) is 7.91. The molecule has 1 saturated heterocycles. The minimum Gasteiger partial charge on any atom is -0.350 e. The summed E-state index contributed by atoms with van der Waals surface area (Å²) < 4.78 is 13.2. The number of hydrogen-bond donors (Lipinski definition) is 1. The number of aryl methyl sites for hydroxylation is 1. The van der Waals surface area contributed by atoms with Crippen molar-refractivity contribution in [2.75, 3.05) is 13.1 Å². The lowest BCUT2D eigenvalue weighted by Gasteiger charge is -2.41. The number of thiophene rings is 1. The van der Waals surface area contributed by atoms with Gasteiger partial charge in [-0.05, 0) is 66.3 Å². The van der Waals surface area contributed by atoms with Crippen LogP contribution in [0.15, 0.2) is 72.1 Å². The molecule has 0 spiro atoms. The van der Waals surface area contributed by atoms with Crippen LogP contribution in [-0.2, 0) is 23.2 Å². The van der Waals surface area contributed by atoms with E-state index in [4.69, 9.17) is 0 Å². The van der Waals surface area contributed by atoms with Gasteiger partial charge in [0.25, 0.3) is 0 Å². The molecule has 0 bridgehead atoms. The first-order valence-corrected chi connectivity index (χ1v) is 13.1. The van der Waals surface area contributed by atoms with E-state index < -0.39 is 5.41 Å². The van der Waals surface area contributed by atoms with Gasteiger partial charge in [-0.2, -0.15) is 0 Å². The van der Waals surface area contributed by atoms with Gasteiger partial charge in [-0.3, -0.25) is 9.69 Å². The van der Waals surface area contributed by atoms with Crippen LogP contribution in [0, 0.1) is 5.82 Å². The van der Waals surface area contributed by atoms with E-state index in [-0.39, 0.29) is 11.7 Å². The molecule has 0 unspecified atom stereocenters. The molecule has 4 rings (SSSR count). The molecule has 0 atom stereocenters. The fourth-order valence-corrected chi connectivity index (χ4v) is 5.77. The minimum absolute atomic E-state index is 0.108. The van der Waals surface area contributed by atoms with E-state index in [0.29, 0.717) is 6.54 Å². The number of halogens is 1. The van der Waals surface area contributed by atoms with E-state index in [2.05, 4.69) is 34.3 Å². The Morgan fingerprint density at radius 2 is 1.79 bits per heavy atom. The summed E-state index contributed by atoms with van der Waals surface area (Å²) in [7, 11) is 1.53. The molecule has 1 amide bonds. The summed E-state index contributed by atoms with van der Waals surface area (Å²) >= 11 is 1.66. The Labute approximate surface area is 202 Å². The van der Waals surface area contributed by atoms with Crippen molar-refractivity contribution in [1.82, 2.24) is 10.2 Å². The van der Waals surface area contributed by atoms with Crippen molar-refractivity contribution in [3.63, 3.8) is 0 Å². The van der Waals surface area contributed by atoms with Gasteiger partial charge in [0, 0.05) is 23.0 Å². The topological polar surface area (TPSA) is 32.3 Å². The van der Waals surface area contributed by atoms with Crippen molar-refractivity contribution in [3.8, 4) is 0 Å². The van der Waals surface area contributed by atoms with Gasteiger partial charge in [0.05, 0.1) is 12.0 Å². The number of amides is 1. The average Bonchev–Trinajstić information content (AvgIpc) is 3.39. The Hall–Kier alpha value is -2.54. The molecule has 1 aliphatic rings. The quantitative estimate of drug-likeness (QED) is 0.455. The van der Waals surface area contributed by atoms with Gasteiger partial charge >= 0.3 is 0 Å². The molecule has 0 radical (unpaired) electrons. The predicted molar refractivity (Wildman–Crippen MR) is 140 cm³/mol. The lowest BCUT2D eigenvalue weighted by molar-refractivity contribution is -0.128. The van der Waals surface area contributed by atoms with Crippen LogP contribution in [-0.4, -0.2) is 34.8 Å². The number of benzene rings is 2. The molecule has 1 fully saturated rings. The molecule has 6 heteroatoms. The highest BCUT2D eigenvalue weighted by Crippen LogP contribution is 2.36. The summed E-state index contributed by atoms with van der Waals surface area (Å²) in [5, 5.41) is 5.24. The standard InChI is InChI=1S/C27H29FN2OS2/c1-32-25(14-11-21-9-12-23(28)13-10-21)30-17-15-27(16-18-30,22-6-3-2-4-7-22)26(31)29-20-24-8-5-19-33-24/h2-10,12-13,19H,1,11,14-18,20H2,(H,29,31). The minimum atomic E-state index is -0.525. The highest BCUT2D eigenvalue weighted by Gasteiger charge is 2.43. The fraction of sp³-hybridized carbons (Fsp3) is 0.296. The molecular weight excluding hydrogens is 451 g/mol. The van der Waals surface area contributed by atoms with Gasteiger partial charge in [0.1, 0.15) is 5.82 Å². The first-order chi connectivity index (χ1) is 16.1. The van der Waals surface area contributed by atoms with Gasteiger partial charge < -0.3 is 5.32 Å². The maximum Gasteiger partial charge on any atom is 0.231 e. The van der Waals surface area contributed by atoms with E-state index in [1.54, 1.807) is 11.3 Å². The van der Waals surface area contributed by atoms with E-state index >= 15 is 0 Å². The number of hydrogen-bond acceptors (Lipinski definition) is 2. The highest BCUT2D eigenvalue weighted by molar-refractivity contribution is 7.95. The van der Waals surface area contributed by atoms with Crippen LogP contribution < -0.4 is 5.32 Å². The Balaban J connectivity index is 1.44. The van der Waals surface area contributed by atoms with Crippen molar-refractivity contribution in [3.05, 3.63) is 93.9 Å². The molecule has 2 heterocycles. The third kappa shape index (κ3) is 5.69. The van der Waals surface area contributed by atoms with Crippen LogP contribution in [0.25, 0.3) is 0 Å². The van der Waals surface area contributed by atoms with Crippen LogP contribution >= 0.6 is 22.3 Å². The number of nitrogens with zero attached hydrogens (tertiary/aromatic N) is 1. The molecule has 172 valence electrons. The SMILES string of the molecule is C=S=C(CCc1ccc(F)cc1)N1CCC(C(=O)NCc2cccs2)(c2ccccc2)CC1. The van der Waals surface area contributed by atoms with Crippen molar-refractivity contribution in [1.29, 1.82) is 0 Å². The van der Waals surface area contributed by atoms with Crippen LogP contribution in [0.5, 0.6) is 0 Å². The van der Waals surface area contributed by atoms with Gasteiger partial charge in [-0.1, -0.05) is 48.5 Å². The van der Waals surface area contributed by atoms with Gasteiger partial charge in [-0.15, -0.1) is 22.3 Å². The lowest BCUT2D eigenvalue weighted by Crippen LogP contribution is -2.52. The number of carbonyl (C=O) groups excluding carboxylic acids is 1. The number of rotatable bonds is 7. The summed E-state index contributed by atoms with van der Waals surface area (Å²) in [6.45, 7) is 2.18. The second-order valence-electron chi connectivity index (χ2n) is 8.36. The predicted octanol–water partition coefficient (Wildman–Crippen LogP) is 5.47. The molecule has 1 N–H and O–H groups in total. The summed E-state index contributed by atoms with van der Waals surface area (Å²) in [4.78, 5) is 18.3. The first kappa shape index (κ1) is 23.6. The van der Waals surface area contributed by atoms with Crippen molar-refractivity contribution >= 4 is 39.0 Å². The Morgan fingerprint density at radius 3 is 2.42 bits per heavy atom. The maximum absolute atomic E-state index is 13.5. The second-order valence-corrected chi connectivity index (χ2v) is 10.2. The number of nitrogens with one attached hydrogen (secondary N) is 1. The molecule has 1 aromatic heterocycles. The van der Waals surface area contributed by atoms with E-state index in [9.17, 15) is 9.18 Å². The van der Waals surface area contributed by atoms with Gasteiger partial charge in [0.15, 0.2) is 0 Å². The van der Waals surface area contributed by atoms with E-state index in [1.165, 1.54) is 28.1 Å². The van der Waals surface area contributed by atoms with Crippen LogP contribution in [0.1, 0.15) is 35.3 Å². The Bertz CT molecular complexity index is 1100. The first-order valence-electron chi connectivity index (χ1n) is 11.2. The highest BCUT2D eigenvalue weighted by atomic mass is 32.1.